The Bertz CT molecular complexity index is 1250. The number of carbonyl (C=O) groups excluding carboxylic acids is 1. The molecule has 4 rings (SSSR count). The highest BCUT2D eigenvalue weighted by Gasteiger charge is 2.28. The van der Waals surface area contributed by atoms with Crippen LogP contribution in [0, 0.1) is 33.6 Å². The molecule has 1 aliphatic carbocycles. The van der Waals surface area contributed by atoms with Gasteiger partial charge in [-0.3, -0.25) is 10.1 Å². The molecule has 1 N–H and O–H groups in total. The molecule has 0 unspecified atom stereocenters. The molecule has 33 heavy (non-hydrogen) atoms. The molecule has 0 bridgehead atoms. The van der Waals surface area contributed by atoms with Gasteiger partial charge in [-0.05, 0) is 28.3 Å². The summed E-state index contributed by atoms with van der Waals surface area (Å²) >= 11 is 0. The minimum Gasteiger partial charge on any atom is -0.449 e. The van der Waals surface area contributed by atoms with Crippen molar-refractivity contribution in [3.05, 3.63) is 99.1 Å². The molecule has 8 heteroatoms. The first-order valence-corrected chi connectivity index (χ1v) is 10.2. The SMILES string of the molecule is O=C(NCCC#Cc1cc(F)c(F)cc1[N+](=O)[O-])OCC1c2ccccc2-c2ccccc21. The van der Waals surface area contributed by atoms with Gasteiger partial charge in [-0.25, -0.2) is 13.6 Å². The molecule has 166 valence electrons. The van der Waals surface area contributed by atoms with Crippen molar-refractivity contribution in [2.45, 2.75) is 12.3 Å². The monoisotopic (exact) mass is 448 g/mol. The van der Waals surface area contributed by atoms with Crippen molar-refractivity contribution in [1.82, 2.24) is 5.32 Å². The predicted molar refractivity (Wildman–Crippen MR) is 118 cm³/mol. The number of hydrogen-bond acceptors (Lipinski definition) is 4. The van der Waals surface area contributed by atoms with Gasteiger partial charge in [0.15, 0.2) is 11.6 Å². The minimum absolute atomic E-state index is 0.0585. The Hall–Kier alpha value is -4.25. The quantitative estimate of drug-likeness (QED) is 0.253. The third kappa shape index (κ3) is 4.67. The molecule has 0 saturated heterocycles. The van der Waals surface area contributed by atoms with Gasteiger partial charge in [0.25, 0.3) is 5.69 Å². The Balaban J connectivity index is 1.32. The lowest BCUT2D eigenvalue weighted by molar-refractivity contribution is -0.385. The van der Waals surface area contributed by atoms with Gasteiger partial charge in [-0.15, -0.1) is 0 Å². The summed E-state index contributed by atoms with van der Waals surface area (Å²) in [5, 5.41) is 13.5. The molecular formula is C25H18F2N2O4. The third-order valence-corrected chi connectivity index (χ3v) is 5.32. The number of nitro groups is 1. The van der Waals surface area contributed by atoms with E-state index in [4.69, 9.17) is 4.74 Å². The van der Waals surface area contributed by atoms with E-state index in [1.54, 1.807) is 0 Å². The average Bonchev–Trinajstić information content (AvgIpc) is 3.13. The van der Waals surface area contributed by atoms with E-state index in [-0.39, 0.29) is 31.1 Å². The zero-order valence-electron chi connectivity index (χ0n) is 17.3. The fourth-order valence-electron chi connectivity index (χ4n) is 3.82. The van der Waals surface area contributed by atoms with Crippen LogP contribution in [0.4, 0.5) is 19.3 Å². The molecule has 1 aliphatic rings. The van der Waals surface area contributed by atoms with E-state index >= 15 is 0 Å². The summed E-state index contributed by atoms with van der Waals surface area (Å²) in [4.78, 5) is 22.3. The van der Waals surface area contributed by atoms with Crippen LogP contribution in [0.3, 0.4) is 0 Å². The number of amides is 1. The highest BCUT2D eigenvalue weighted by molar-refractivity contribution is 5.79. The second kappa shape index (κ2) is 9.49. The number of halogens is 2. The lowest BCUT2D eigenvalue weighted by Gasteiger charge is -2.14. The number of hydrogen-bond donors (Lipinski definition) is 1. The molecular weight excluding hydrogens is 430 g/mol. The standard InChI is InChI=1S/C25H18F2N2O4/c26-22-13-16(24(29(31)32)14-23(22)27)7-5-6-12-28-25(30)33-15-21-19-10-3-1-8-17(19)18-9-2-4-11-20(18)21/h1-4,8-11,13-14,21H,6,12,15H2,(H,28,30). The molecule has 0 radical (unpaired) electrons. The van der Waals surface area contributed by atoms with E-state index in [9.17, 15) is 23.7 Å². The number of rotatable bonds is 5. The second-order valence-electron chi connectivity index (χ2n) is 7.34. The second-order valence-corrected chi connectivity index (χ2v) is 7.34. The largest absolute Gasteiger partial charge is 0.449 e. The van der Waals surface area contributed by atoms with Crippen molar-refractivity contribution in [3.63, 3.8) is 0 Å². The van der Waals surface area contributed by atoms with Crippen molar-refractivity contribution in [2.75, 3.05) is 13.2 Å². The topological polar surface area (TPSA) is 81.5 Å². The molecule has 0 spiro atoms. The van der Waals surface area contributed by atoms with Crippen LogP contribution in [-0.2, 0) is 4.74 Å². The zero-order valence-corrected chi connectivity index (χ0v) is 17.3. The predicted octanol–water partition coefficient (Wildman–Crippen LogP) is 5.15. The van der Waals surface area contributed by atoms with Gasteiger partial charge in [0.1, 0.15) is 12.2 Å². The van der Waals surface area contributed by atoms with Gasteiger partial charge in [0, 0.05) is 18.9 Å². The summed E-state index contributed by atoms with van der Waals surface area (Å²) in [6.07, 6.45) is -0.474. The maximum absolute atomic E-state index is 13.4. The van der Waals surface area contributed by atoms with Crippen LogP contribution in [0.25, 0.3) is 11.1 Å². The Kier molecular flexibility index (Phi) is 6.31. The maximum atomic E-state index is 13.4. The Morgan fingerprint density at radius 3 is 2.27 bits per heavy atom. The Morgan fingerprint density at radius 1 is 1.03 bits per heavy atom. The third-order valence-electron chi connectivity index (χ3n) is 5.32. The van der Waals surface area contributed by atoms with E-state index < -0.39 is 28.3 Å². The van der Waals surface area contributed by atoms with E-state index in [1.165, 1.54) is 0 Å². The van der Waals surface area contributed by atoms with Gasteiger partial charge >= 0.3 is 6.09 Å². The first-order valence-electron chi connectivity index (χ1n) is 10.2. The minimum atomic E-state index is -1.32. The van der Waals surface area contributed by atoms with Crippen LogP contribution in [0.1, 0.15) is 29.0 Å². The molecule has 3 aromatic rings. The number of nitrogens with one attached hydrogen (secondary N) is 1. The fraction of sp³-hybridized carbons (Fsp3) is 0.160. The maximum Gasteiger partial charge on any atom is 0.407 e. The Labute approximate surface area is 188 Å². The molecule has 0 aromatic heterocycles. The van der Waals surface area contributed by atoms with E-state index in [0.717, 1.165) is 22.3 Å². The van der Waals surface area contributed by atoms with Crippen molar-refractivity contribution in [2.24, 2.45) is 0 Å². The van der Waals surface area contributed by atoms with Gasteiger partial charge in [-0.2, -0.15) is 0 Å². The zero-order chi connectivity index (χ0) is 23.4. The molecule has 0 atom stereocenters. The summed E-state index contributed by atoms with van der Waals surface area (Å²) in [7, 11) is 0. The van der Waals surface area contributed by atoms with E-state index in [2.05, 4.69) is 17.2 Å². The number of nitrogens with zero attached hydrogens (tertiary/aromatic N) is 1. The summed E-state index contributed by atoms with van der Waals surface area (Å²) in [5.41, 5.74) is 3.61. The number of benzene rings is 3. The van der Waals surface area contributed by atoms with Crippen LogP contribution in [0.5, 0.6) is 0 Å². The molecule has 0 saturated carbocycles. The highest BCUT2D eigenvalue weighted by atomic mass is 19.2. The molecule has 0 aliphatic heterocycles. The number of carbonyl (C=O) groups is 1. The summed E-state index contributed by atoms with van der Waals surface area (Å²) in [5.74, 6) is 2.46. The van der Waals surface area contributed by atoms with Crippen LogP contribution in [0.2, 0.25) is 0 Å². The van der Waals surface area contributed by atoms with Gasteiger partial charge in [0.2, 0.25) is 0 Å². The smallest absolute Gasteiger partial charge is 0.407 e. The molecule has 0 fully saturated rings. The summed E-state index contributed by atoms with van der Waals surface area (Å²) < 4.78 is 32.0. The van der Waals surface area contributed by atoms with Crippen LogP contribution in [-0.4, -0.2) is 24.2 Å². The van der Waals surface area contributed by atoms with Gasteiger partial charge in [0.05, 0.1) is 11.0 Å². The van der Waals surface area contributed by atoms with Crippen LogP contribution < -0.4 is 5.32 Å². The van der Waals surface area contributed by atoms with Crippen molar-refractivity contribution < 1.29 is 23.2 Å². The highest BCUT2D eigenvalue weighted by Crippen LogP contribution is 2.44. The first-order chi connectivity index (χ1) is 16.0. The van der Waals surface area contributed by atoms with Crippen molar-refractivity contribution >= 4 is 11.8 Å². The first kappa shape index (κ1) is 22.0. The molecule has 0 heterocycles. The van der Waals surface area contributed by atoms with Crippen LogP contribution in [0.15, 0.2) is 60.7 Å². The number of nitro benzene ring substituents is 1. The lowest BCUT2D eigenvalue weighted by atomic mass is 9.98. The van der Waals surface area contributed by atoms with Crippen LogP contribution >= 0.6 is 0 Å². The number of alkyl carbamates (subject to hydrolysis) is 1. The van der Waals surface area contributed by atoms with Crippen molar-refractivity contribution in [1.29, 1.82) is 0 Å². The average molecular weight is 448 g/mol. The molecule has 3 aromatic carbocycles. The van der Waals surface area contributed by atoms with E-state index in [1.807, 2.05) is 48.5 Å². The van der Waals surface area contributed by atoms with Crippen molar-refractivity contribution in [3.8, 4) is 23.0 Å². The fourth-order valence-corrected chi connectivity index (χ4v) is 3.82. The summed E-state index contributed by atoms with van der Waals surface area (Å²) in [6, 6.07) is 17.2. The van der Waals surface area contributed by atoms with E-state index in [0.29, 0.717) is 12.1 Å². The lowest BCUT2D eigenvalue weighted by Crippen LogP contribution is -2.26. The number of fused-ring (bicyclic) bond motifs is 3. The van der Waals surface area contributed by atoms with Gasteiger partial charge < -0.3 is 10.1 Å². The summed E-state index contributed by atoms with van der Waals surface area (Å²) in [6.45, 7) is 0.299. The van der Waals surface area contributed by atoms with Gasteiger partial charge in [-0.1, -0.05) is 60.4 Å². The number of ether oxygens (including phenoxy) is 1. The Morgan fingerprint density at radius 2 is 1.64 bits per heavy atom. The normalized spacial score (nSPS) is 11.7. The molecule has 6 nitrogen and oxygen atoms in total. The molecule has 1 amide bonds.